The number of benzene rings is 2. The lowest BCUT2D eigenvalue weighted by atomic mass is 9.89. The molecule has 0 aromatic heterocycles. The molecule has 0 aliphatic heterocycles. The molecule has 2 aromatic rings. The molecule has 0 bridgehead atoms. The summed E-state index contributed by atoms with van der Waals surface area (Å²) in [6.07, 6.45) is 5.90. The Bertz CT molecular complexity index is 698. The van der Waals surface area contributed by atoms with E-state index in [1.165, 1.54) is 47.9 Å². The van der Waals surface area contributed by atoms with Crippen molar-refractivity contribution in [3.05, 3.63) is 70.8 Å². The van der Waals surface area contributed by atoms with Gasteiger partial charge in [0, 0.05) is 5.75 Å². The van der Waals surface area contributed by atoms with Gasteiger partial charge >= 0.3 is 0 Å². The summed E-state index contributed by atoms with van der Waals surface area (Å²) in [5.41, 5.74) is 5.50. The van der Waals surface area contributed by atoms with E-state index in [0.717, 1.165) is 12.2 Å². The molecule has 1 atom stereocenters. The van der Waals surface area contributed by atoms with Gasteiger partial charge in [0.25, 0.3) is 0 Å². The third-order valence-corrected chi connectivity index (χ3v) is 5.87. The summed E-state index contributed by atoms with van der Waals surface area (Å²) in [5.74, 6) is 1.52. The van der Waals surface area contributed by atoms with Gasteiger partial charge in [-0.15, -0.1) is 11.8 Å². The molecule has 1 N–H and O–H groups in total. The Hall–Kier alpha value is -1.74. The van der Waals surface area contributed by atoms with E-state index in [0.29, 0.717) is 5.75 Å². The molecule has 0 radical (unpaired) electrons. The van der Waals surface area contributed by atoms with Crippen LogP contribution in [0.1, 0.15) is 54.5 Å². The van der Waals surface area contributed by atoms with Crippen molar-refractivity contribution in [3.8, 4) is 0 Å². The smallest absolute Gasteiger partial charge is 0.230 e. The van der Waals surface area contributed by atoms with Crippen LogP contribution in [0.3, 0.4) is 0 Å². The molecule has 0 spiro atoms. The second-order valence-electron chi connectivity index (χ2n) is 6.74. The Kier molecular flexibility index (Phi) is 6.57. The summed E-state index contributed by atoms with van der Waals surface area (Å²) >= 11 is 1.67. The third kappa shape index (κ3) is 5.12. The van der Waals surface area contributed by atoms with E-state index in [2.05, 4.69) is 42.6 Å². The summed E-state index contributed by atoms with van der Waals surface area (Å²) in [4.78, 5) is 12.3. The minimum Gasteiger partial charge on any atom is -0.349 e. The zero-order valence-electron chi connectivity index (χ0n) is 15.0. The van der Waals surface area contributed by atoms with E-state index in [4.69, 9.17) is 0 Å². The second kappa shape index (κ2) is 9.10. The van der Waals surface area contributed by atoms with Crippen LogP contribution in [0.4, 0.5) is 0 Å². The molecule has 0 unspecified atom stereocenters. The quantitative estimate of drug-likeness (QED) is 0.753. The predicted molar refractivity (Wildman–Crippen MR) is 107 cm³/mol. The molecule has 1 aliphatic carbocycles. The van der Waals surface area contributed by atoms with Gasteiger partial charge in [0.2, 0.25) is 5.91 Å². The number of aryl methyl sites for hydroxylation is 2. The summed E-state index contributed by atoms with van der Waals surface area (Å²) in [5, 5.41) is 3.22. The molecule has 2 nitrogen and oxygen atoms in total. The highest BCUT2D eigenvalue weighted by Gasteiger charge is 2.16. The summed E-state index contributed by atoms with van der Waals surface area (Å²) < 4.78 is 0. The molecule has 3 rings (SSSR count). The maximum atomic E-state index is 12.3. The Balaban J connectivity index is 1.53. The largest absolute Gasteiger partial charge is 0.349 e. The second-order valence-corrected chi connectivity index (χ2v) is 7.73. The molecule has 0 saturated carbocycles. The molecule has 2 aromatic carbocycles. The van der Waals surface area contributed by atoms with Crippen LogP contribution in [0.15, 0.2) is 48.5 Å². The zero-order chi connectivity index (χ0) is 17.5. The Morgan fingerprint density at radius 2 is 1.84 bits per heavy atom. The molecule has 1 amide bonds. The van der Waals surface area contributed by atoms with Gasteiger partial charge in [0.1, 0.15) is 0 Å². The topological polar surface area (TPSA) is 29.1 Å². The number of thioether (sulfide) groups is 1. The number of rotatable bonds is 7. The number of hydrogen-bond acceptors (Lipinski definition) is 2. The molecule has 0 fully saturated rings. The fraction of sp³-hybridized carbons (Fsp3) is 0.409. The fourth-order valence-electron chi connectivity index (χ4n) is 3.46. The van der Waals surface area contributed by atoms with Gasteiger partial charge in [0.15, 0.2) is 0 Å². The van der Waals surface area contributed by atoms with Crippen molar-refractivity contribution in [3.63, 3.8) is 0 Å². The van der Waals surface area contributed by atoms with Gasteiger partial charge in [-0.3, -0.25) is 4.79 Å². The van der Waals surface area contributed by atoms with E-state index in [1.807, 2.05) is 18.2 Å². The fourth-order valence-corrected chi connectivity index (χ4v) is 4.26. The SMILES string of the molecule is CC[C@H](NC(=O)CSCc1ccccc1)c1ccc2c(c1)CCCC2. The zero-order valence-corrected chi connectivity index (χ0v) is 15.8. The first-order valence-corrected chi connectivity index (χ1v) is 10.4. The Labute approximate surface area is 155 Å². The van der Waals surface area contributed by atoms with Crippen molar-refractivity contribution in [1.82, 2.24) is 5.32 Å². The molecular formula is C22H27NOS. The van der Waals surface area contributed by atoms with Crippen LogP contribution in [0.2, 0.25) is 0 Å². The highest BCUT2D eigenvalue weighted by atomic mass is 32.2. The highest BCUT2D eigenvalue weighted by molar-refractivity contribution is 7.99. The van der Waals surface area contributed by atoms with Crippen LogP contribution in [0.25, 0.3) is 0 Å². The van der Waals surface area contributed by atoms with E-state index in [9.17, 15) is 4.79 Å². The monoisotopic (exact) mass is 353 g/mol. The van der Waals surface area contributed by atoms with Gasteiger partial charge in [-0.2, -0.15) is 0 Å². The van der Waals surface area contributed by atoms with Crippen molar-refractivity contribution in [2.75, 3.05) is 5.75 Å². The van der Waals surface area contributed by atoms with Crippen molar-refractivity contribution in [2.24, 2.45) is 0 Å². The van der Waals surface area contributed by atoms with E-state index >= 15 is 0 Å². The first kappa shape index (κ1) is 18.1. The van der Waals surface area contributed by atoms with Crippen LogP contribution in [-0.4, -0.2) is 11.7 Å². The molecule has 0 saturated heterocycles. The maximum Gasteiger partial charge on any atom is 0.230 e. The molecule has 3 heteroatoms. The number of hydrogen-bond donors (Lipinski definition) is 1. The van der Waals surface area contributed by atoms with Crippen LogP contribution in [0.5, 0.6) is 0 Å². The van der Waals surface area contributed by atoms with Crippen LogP contribution in [-0.2, 0) is 23.4 Å². The normalized spacial score (nSPS) is 14.6. The van der Waals surface area contributed by atoms with Gasteiger partial charge in [-0.1, -0.05) is 55.5 Å². The van der Waals surface area contributed by atoms with Crippen molar-refractivity contribution >= 4 is 17.7 Å². The number of carbonyl (C=O) groups excluding carboxylic acids is 1. The Morgan fingerprint density at radius 3 is 2.60 bits per heavy atom. The molecule has 25 heavy (non-hydrogen) atoms. The van der Waals surface area contributed by atoms with Gasteiger partial charge in [0.05, 0.1) is 11.8 Å². The van der Waals surface area contributed by atoms with Crippen LogP contribution >= 0.6 is 11.8 Å². The maximum absolute atomic E-state index is 12.3. The molecule has 0 heterocycles. The minimum atomic E-state index is 0.122. The van der Waals surface area contributed by atoms with E-state index < -0.39 is 0 Å². The minimum absolute atomic E-state index is 0.122. The summed E-state index contributed by atoms with van der Waals surface area (Å²) in [6.45, 7) is 2.14. The predicted octanol–water partition coefficient (Wildman–Crippen LogP) is 5.07. The number of amides is 1. The average molecular weight is 354 g/mol. The van der Waals surface area contributed by atoms with Crippen molar-refractivity contribution < 1.29 is 4.79 Å². The molecule has 132 valence electrons. The van der Waals surface area contributed by atoms with Crippen molar-refractivity contribution in [2.45, 2.75) is 50.8 Å². The average Bonchev–Trinajstić information content (AvgIpc) is 2.66. The molecule has 1 aliphatic rings. The lowest BCUT2D eigenvalue weighted by Gasteiger charge is -2.21. The van der Waals surface area contributed by atoms with Crippen molar-refractivity contribution in [1.29, 1.82) is 0 Å². The lowest BCUT2D eigenvalue weighted by molar-refractivity contribution is -0.119. The highest BCUT2D eigenvalue weighted by Crippen LogP contribution is 2.26. The number of fused-ring (bicyclic) bond motifs is 1. The Morgan fingerprint density at radius 1 is 1.08 bits per heavy atom. The summed E-state index contributed by atoms with van der Waals surface area (Å²) in [7, 11) is 0. The van der Waals surface area contributed by atoms with Crippen LogP contribution in [0, 0.1) is 0 Å². The third-order valence-electron chi connectivity index (χ3n) is 4.86. The number of nitrogens with one attached hydrogen (secondary N) is 1. The van der Waals surface area contributed by atoms with E-state index in [1.54, 1.807) is 11.8 Å². The van der Waals surface area contributed by atoms with Gasteiger partial charge in [-0.25, -0.2) is 0 Å². The number of carbonyl (C=O) groups is 1. The molecular weight excluding hydrogens is 326 g/mol. The first-order valence-electron chi connectivity index (χ1n) is 9.29. The first-order chi connectivity index (χ1) is 12.3. The van der Waals surface area contributed by atoms with E-state index in [-0.39, 0.29) is 11.9 Å². The van der Waals surface area contributed by atoms with Gasteiger partial charge < -0.3 is 5.32 Å². The summed E-state index contributed by atoms with van der Waals surface area (Å²) in [6, 6.07) is 17.2. The standard InChI is InChI=1S/C22H27NOS/c1-2-21(20-13-12-18-10-6-7-11-19(18)14-20)23-22(24)16-25-15-17-8-4-3-5-9-17/h3-5,8-9,12-14,21H,2,6-7,10-11,15-16H2,1H3,(H,23,24)/t21-/m0/s1. The van der Waals surface area contributed by atoms with Crippen LogP contribution < -0.4 is 5.32 Å². The van der Waals surface area contributed by atoms with Gasteiger partial charge in [-0.05, 0) is 54.4 Å². The lowest BCUT2D eigenvalue weighted by Crippen LogP contribution is -2.29.